The molecule has 1 aromatic heterocycles. The van der Waals surface area contributed by atoms with E-state index in [2.05, 4.69) is 36.5 Å². The van der Waals surface area contributed by atoms with Gasteiger partial charge in [0.15, 0.2) is 0 Å². The second-order valence-electron chi connectivity index (χ2n) is 6.38. The second-order valence-corrected chi connectivity index (χ2v) is 6.38. The molecule has 3 aliphatic carbocycles. The van der Waals surface area contributed by atoms with Gasteiger partial charge in [0.25, 0.3) is 0 Å². The summed E-state index contributed by atoms with van der Waals surface area (Å²) in [5.41, 5.74) is -0.434. The average Bonchev–Trinajstić information content (AvgIpc) is 2.67. The summed E-state index contributed by atoms with van der Waals surface area (Å²) < 4.78 is 4.58. The summed E-state index contributed by atoms with van der Waals surface area (Å²) in [4.78, 5) is 24.8. The largest absolute Gasteiger partial charge is 0.347 e. The van der Waals surface area contributed by atoms with Gasteiger partial charge in [-0.25, -0.2) is 23.5 Å². The molecule has 4 atom stereocenters. The Kier molecular flexibility index (Phi) is 1.52. The van der Waals surface area contributed by atoms with Crippen molar-refractivity contribution in [1.82, 2.24) is 13.9 Å². The SMILES string of the molecule is Cn1c(=O)n2n(c1=O)[C@@H]1C=C[C@@H]2[C@@]23C=C[C@@]12CC=CC3. The second kappa shape index (κ2) is 2.85. The van der Waals surface area contributed by atoms with Crippen molar-refractivity contribution in [3.63, 3.8) is 0 Å². The Hall–Kier alpha value is -2.04. The first-order valence-electron chi connectivity index (χ1n) is 7.06. The van der Waals surface area contributed by atoms with Crippen LogP contribution in [0.3, 0.4) is 0 Å². The molecule has 1 aromatic rings. The minimum absolute atomic E-state index is 0.0151. The summed E-state index contributed by atoms with van der Waals surface area (Å²) in [5.74, 6) is 0. The first kappa shape index (κ1) is 10.7. The minimum Gasteiger partial charge on any atom is -0.246 e. The molecule has 2 aliphatic heterocycles. The van der Waals surface area contributed by atoms with Crippen LogP contribution in [0.1, 0.15) is 24.9 Å². The summed E-state index contributed by atoms with van der Waals surface area (Å²) in [5, 5.41) is 0. The molecule has 0 unspecified atom stereocenters. The summed E-state index contributed by atoms with van der Waals surface area (Å²) in [6.07, 6.45) is 15.1. The van der Waals surface area contributed by atoms with E-state index in [4.69, 9.17) is 0 Å². The normalized spacial score (nSPS) is 42.0. The molecule has 20 heavy (non-hydrogen) atoms. The first-order valence-corrected chi connectivity index (χ1v) is 7.06. The molecule has 0 fully saturated rings. The first-order chi connectivity index (χ1) is 9.62. The third-order valence-electron chi connectivity index (χ3n) is 5.88. The Labute approximate surface area is 115 Å². The van der Waals surface area contributed by atoms with Crippen LogP contribution in [-0.2, 0) is 7.05 Å². The Balaban J connectivity index is 1.92. The van der Waals surface area contributed by atoms with Crippen LogP contribution in [0.25, 0.3) is 0 Å². The number of hydrogen-bond acceptors (Lipinski definition) is 2. The molecule has 5 nitrogen and oxygen atoms in total. The van der Waals surface area contributed by atoms with Crippen molar-refractivity contribution >= 4 is 0 Å². The van der Waals surface area contributed by atoms with Crippen LogP contribution in [-0.4, -0.2) is 13.9 Å². The predicted molar refractivity (Wildman–Crippen MR) is 73.5 cm³/mol. The predicted octanol–water partition coefficient (Wildman–Crippen LogP) is 0.907. The minimum atomic E-state index is -0.202. The number of allylic oxidation sites excluding steroid dienone is 6. The van der Waals surface area contributed by atoms with Gasteiger partial charge in [-0.15, -0.1) is 0 Å². The van der Waals surface area contributed by atoms with E-state index in [1.54, 1.807) is 16.4 Å². The lowest BCUT2D eigenvalue weighted by Gasteiger charge is -2.65. The van der Waals surface area contributed by atoms with Gasteiger partial charge in [-0.2, -0.15) is 0 Å². The van der Waals surface area contributed by atoms with Gasteiger partial charge in [-0.3, -0.25) is 0 Å². The highest BCUT2D eigenvalue weighted by molar-refractivity contribution is 5.43. The fourth-order valence-electron chi connectivity index (χ4n) is 4.81. The van der Waals surface area contributed by atoms with E-state index in [0.29, 0.717) is 0 Å². The maximum Gasteiger partial charge on any atom is 0.347 e. The van der Waals surface area contributed by atoms with Gasteiger partial charge in [0.1, 0.15) is 0 Å². The van der Waals surface area contributed by atoms with E-state index in [1.807, 2.05) is 0 Å². The molecule has 0 saturated carbocycles. The van der Waals surface area contributed by atoms with Crippen LogP contribution in [0.2, 0.25) is 0 Å². The van der Waals surface area contributed by atoms with E-state index in [0.717, 1.165) is 12.8 Å². The third kappa shape index (κ3) is 0.773. The van der Waals surface area contributed by atoms with Crippen molar-refractivity contribution in [3.8, 4) is 0 Å². The zero-order valence-electron chi connectivity index (χ0n) is 11.2. The molecule has 6 rings (SSSR count). The van der Waals surface area contributed by atoms with Gasteiger partial charge >= 0.3 is 11.4 Å². The Morgan fingerprint density at radius 1 is 0.950 bits per heavy atom. The monoisotopic (exact) mass is 269 g/mol. The zero-order chi connectivity index (χ0) is 13.7. The quantitative estimate of drug-likeness (QED) is 0.657. The molecule has 0 spiro atoms. The van der Waals surface area contributed by atoms with Crippen molar-refractivity contribution < 1.29 is 0 Å². The number of hydrogen-bond donors (Lipinski definition) is 0. The van der Waals surface area contributed by atoms with Gasteiger partial charge in [0.05, 0.1) is 12.1 Å². The van der Waals surface area contributed by atoms with Crippen molar-refractivity contribution in [3.05, 3.63) is 57.4 Å². The lowest BCUT2D eigenvalue weighted by atomic mass is 9.43. The van der Waals surface area contributed by atoms with Crippen LogP contribution in [0, 0.1) is 10.8 Å². The lowest BCUT2D eigenvalue weighted by molar-refractivity contribution is -0.0513. The van der Waals surface area contributed by atoms with Crippen LogP contribution < -0.4 is 11.4 Å². The molecule has 0 N–H and O–H groups in total. The smallest absolute Gasteiger partial charge is 0.246 e. The standard InChI is InChI=1S/C15H15N3O2/c1-16-12(19)17-10-4-5-11(18(17)13(16)20)15-7-3-2-6-14(10,15)8-9-15/h2-5,8-11H,6-7H2,1H3/t10-,11-,14-,15+/m1/s1. The molecule has 5 heteroatoms. The fraction of sp³-hybridized carbons (Fsp3) is 0.467. The fourth-order valence-corrected chi connectivity index (χ4v) is 4.81. The zero-order valence-corrected chi connectivity index (χ0v) is 11.2. The lowest BCUT2D eigenvalue weighted by Crippen LogP contribution is -2.64. The van der Waals surface area contributed by atoms with Gasteiger partial charge in [0.2, 0.25) is 0 Å². The highest BCUT2D eigenvalue weighted by Gasteiger charge is 2.67. The number of nitrogens with zero attached hydrogens (tertiary/aromatic N) is 3. The molecular weight excluding hydrogens is 254 g/mol. The number of aromatic nitrogens is 3. The average molecular weight is 269 g/mol. The van der Waals surface area contributed by atoms with E-state index in [-0.39, 0.29) is 34.3 Å². The molecule has 102 valence electrons. The van der Waals surface area contributed by atoms with Gasteiger partial charge < -0.3 is 0 Å². The van der Waals surface area contributed by atoms with Gasteiger partial charge in [-0.05, 0) is 12.8 Å². The molecule has 0 aromatic carbocycles. The van der Waals surface area contributed by atoms with Crippen LogP contribution in [0.5, 0.6) is 0 Å². The highest BCUT2D eigenvalue weighted by atomic mass is 16.2. The molecule has 0 amide bonds. The Morgan fingerprint density at radius 3 is 1.80 bits per heavy atom. The van der Waals surface area contributed by atoms with Gasteiger partial charge in [-0.1, -0.05) is 36.5 Å². The molecular formula is C15H15N3O2. The summed E-state index contributed by atoms with van der Waals surface area (Å²) in [6.45, 7) is 0. The van der Waals surface area contributed by atoms with Gasteiger partial charge in [0, 0.05) is 17.9 Å². The van der Waals surface area contributed by atoms with Crippen LogP contribution in [0.4, 0.5) is 0 Å². The molecule has 0 radical (unpaired) electrons. The van der Waals surface area contributed by atoms with Crippen LogP contribution >= 0.6 is 0 Å². The molecule has 3 heterocycles. The van der Waals surface area contributed by atoms with Crippen LogP contribution in [0.15, 0.2) is 46.0 Å². The summed E-state index contributed by atoms with van der Waals surface area (Å²) in [7, 11) is 1.56. The molecule has 0 saturated heterocycles. The number of rotatable bonds is 0. The van der Waals surface area contributed by atoms with E-state index in [9.17, 15) is 9.59 Å². The van der Waals surface area contributed by atoms with Crippen molar-refractivity contribution in [2.45, 2.75) is 24.9 Å². The highest BCUT2D eigenvalue weighted by Crippen LogP contribution is 2.71. The van der Waals surface area contributed by atoms with Crippen molar-refractivity contribution in [2.75, 3.05) is 0 Å². The maximum atomic E-state index is 12.4. The Morgan fingerprint density at radius 2 is 1.40 bits per heavy atom. The van der Waals surface area contributed by atoms with E-state index >= 15 is 0 Å². The summed E-state index contributed by atoms with van der Waals surface area (Å²) >= 11 is 0. The van der Waals surface area contributed by atoms with Crippen molar-refractivity contribution in [2.24, 2.45) is 17.9 Å². The Bertz CT molecular complexity index is 784. The maximum absolute atomic E-state index is 12.4. The topological polar surface area (TPSA) is 48.9 Å². The summed E-state index contributed by atoms with van der Waals surface area (Å²) in [6, 6.07) is -0.0762. The van der Waals surface area contributed by atoms with E-state index < -0.39 is 0 Å². The van der Waals surface area contributed by atoms with Crippen molar-refractivity contribution in [1.29, 1.82) is 0 Å². The van der Waals surface area contributed by atoms with E-state index in [1.165, 1.54) is 4.57 Å². The third-order valence-corrected chi connectivity index (χ3v) is 5.88. The molecule has 5 aliphatic rings. The molecule has 2 bridgehead atoms.